The molecule has 7 nitrogen and oxygen atoms in total. The lowest BCUT2D eigenvalue weighted by molar-refractivity contribution is -0.156. The Morgan fingerprint density at radius 3 is 1.85 bits per heavy atom. The molecule has 13 heteroatoms. The van der Waals surface area contributed by atoms with Crippen molar-refractivity contribution < 1.29 is 40.6 Å². The third kappa shape index (κ3) is 7.03. The van der Waals surface area contributed by atoms with Gasteiger partial charge in [-0.15, -0.1) is 4.98 Å². The smallest absolute Gasteiger partial charge is 0.422 e. The summed E-state index contributed by atoms with van der Waals surface area (Å²) in [6, 6.07) is 4.61. The summed E-state index contributed by atoms with van der Waals surface area (Å²) >= 11 is 0. The highest BCUT2D eigenvalue weighted by Crippen LogP contribution is 2.27. The van der Waals surface area contributed by atoms with Gasteiger partial charge in [0, 0.05) is 0 Å². The highest BCUT2D eigenvalue weighted by atomic mass is 19.4. The molecule has 0 atom stereocenters. The number of benzene rings is 1. The van der Waals surface area contributed by atoms with E-state index < -0.39 is 43.5 Å². The summed E-state index contributed by atoms with van der Waals surface area (Å²) < 4.78 is 87.5. The zero-order valence-electron chi connectivity index (χ0n) is 13.6. The number of alkyl halides is 6. The summed E-state index contributed by atoms with van der Waals surface area (Å²) in [5, 5.41) is 2.59. The van der Waals surface area contributed by atoms with Crippen molar-refractivity contribution in [3.63, 3.8) is 0 Å². The van der Waals surface area contributed by atoms with Gasteiger partial charge in [0.05, 0.1) is 12.8 Å². The molecule has 0 fully saturated rings. The van der Waals surface area contributed by atoms with Gasteiger partial charge in [-0.05, 0) is 12.1 Å². The Labute approximate surface area is 148 Å². The quantitative estimate of drug-likeness (QED) is 0.715. The van der Waals surface area contributed by atoms with Gasteiger partial charge in [0.25, 0.3) is 0 Å². The molecule has 1 N–H and O–H groups in total. The van der Waals surface area contributed by atoms with E-state index >= 15 is 0 Å². The largest absolute Gasteiger partial charge is 0.495 e. The molecular formula is C14H12F6N4O3. The van der Waals surface area contributed by atoms with Crippen LogP contribution in [-0.2, 0) is 0 Å². The number of hydrogen-bond acceptors (Lipinski definition) is 7. The van der Waals surface area contributed by atoms with Crippen LogP contribution in [0.3, 0.4) is 0 Å². The number of halogens is 6. The predicted molar refractivity (Wildman–Crippen MR) is 79.2 cm³/mol. The number of ether oxygens (including phenoxy) is 3. The van der Waals surface area contributed by atoms with Crippen molar-refractivity contribution in [3.05, 3.63) is 24.3 Å². The summed E-state index contributed by atoms with van der Waals surface area (Å²) in [6.07, 6.45) is -9.40. The molecule has 0 saturated carbocycles. The average molecular weight is 398 g/mol. The highest BCUT2D eigenvalue weighted by Gasteiger charge is 2.31. The van der Waals surface area contributed by atoms with Gasteiger partial charge in [0.2, 0.25) is 5.95 Å². The summed E-state index contributed by atoms with van der Waals surface area (Å²) in [5.41, 5.74) is 0.301. The number of rotatable bonds is 7. The summed E-state index contributed by atoms with van der Waals surface area (Å²) in [7, 11) is 1.36. The van der Waals surface area contributed by atoms with Gasteiger partial charge in [0.15, 0.2) is 13.2 Å². The molecule has 27 heavy (non-hydrogen) atoms. The molecule has 148 valence electrons. The van der Waals surface area contributed by atoms with Crippen molar-refractivity contribution in [1.29, 1.82) is 0 Å². The number of aromatic nitrogens is 3. The first-order valence-electron chi connectivity index (χ1n) is 7.11. The summed E-state index contributed by atoms with van der Waals surface area (Å²) in [6.45, 7) is -3.49. The lowest BCUT2D eigenvalue weighted by Crippen LogP contribution is -2.22. The van der Waals surface area contributed by atoms with E-state index in [1.807, 2.05) is 0 Å². The first kappa shape index (κ1) is 20.3. The number of para-hydroxylation sites is 2. The van der Waals surface area contributed by atoms with Crippen LogP contribution in [0.4, 0.5) is 38.0 Å². The molecule has 0 saturated heterocycles. The molecule has 0 aliphatic carbocycles. The van der Waals surface area contributed by atoms with Crippen molar-refractivity contribution in [2.75, 3.05) is 25.6 Å². The molecular weight excluding hydrogens is 386 g/mol. The van der Waals surface area contributed by atoms with Crippen molar-refractivity contribution in [2.45, 2.75) is 12.4 Å². The Morgan fingerprint density at radius 2 is 1.37 bits per heavy atom. The van der Waals surface area contributed by atoms with E-state index in [2.05, 4.69) is 29.7 Å². The third-order valence-electron chi connectivity index (χ3n) is 2.68. The molecule has 2 rings (SSSR count). The monoisotopic (exact) mass is 398 g/mol. The predicted octanol–water partition coefficient (Wildman–Crippen LogP) is 3.51. The third-order valence-corrected chi connectivity index (χ3v) is 2.68. The second-order valence-electron chi connectivity index (χ2n) is 4.86. The van der Waals surface area contributed by atoms with Gasteiger partial charge < -0.3 is 19.5 Å². The molecule has 0 unspecified atom stereocenters. The normalized spacial score (nSPS) is 11.8. The Hall–Kier alpha value is -2.99. The maximum atomic E-state index is 12.3. The topological polar surface area (TPSA) is 78.4 Å². The van der Waals surface area contributed by atoms with E-state index in [1.54, 1.807) is 18.2 Å². The molecule has 0 aliphatic heterocycles. The van der Waals surface area contributed by atoms with Gasteiger partial charge in [-0.3, -0.25) is 0 Å². The molecule has 0 spiro atoms. The lowest BCUT2D eigenvalue weighted by Gasteiger charge is -2.13. The fraction of sp³-hybridized carbons (Fsp3) is 0.357. The van der Waals surface area contributed by atoms with Crippen molar-refractivity contribution in [1.82, 2.24) is 15.0 Å². The van der Waals surface area contributed by atoms with Crippen molar-refractivity contribution in [2.24, 2.45) is 0 Å². The van der Waals surface area contributed by atoms with Crippen LogP contribution in [0.15, 0.2) is 24.3 Å². The lowest BCUT2D eigenvalue weighted by atomic mass is 10.3. The Morgan fingerprint density at radius 1 is 0.852 bits per heavy atom. The highest BCUT2D eigenvalue weighted by molar-refractivity contribution is 5.62. The van der Waals surface area contributed by atoms with Gasteiger partial charge in [-0.1, -0.05) is 12.1 Å². The molecule has 1 aromatic carbocycles. The van der Waals surface area contributed by atoms with E-state index in [9.17, 15) is 26.3 Å². The van der Waals surface area contributed by atoms with E-state index in [1.165, 1.54) is 13.2 Å². The molecule has 0 aliphatic rings. The van der Waals surface area contributed by atoms with E-state index in [4.69, 9.17) is 4.74 Å². The fourth-order valence-electron chi connectivity index (χ4n) is 1.68. The van der Waals surface area contributed by atoms with E-state index in [-0.39, 0.29) is 0 Å². The minimum absolute atomic E-state index is 0.301. The Bertz CT molecular complexity index is 733. The summed E-state index contributed by atoms with van der Waals surface area (Å²) in [5.74, 6) is -0.0720. The van der Waals surface area contributed by atoms with Crippen LogP contribution < -0.4 is 19.5 Å². The van der Waals surface area contributed by atoms with Crippen LogP contribution in [0, 0.1) is 0 Å². The maximum Gasteiger partial charge on any atom is 0.422 e. The average Bonchev–Trinajstić information content (AvgIpc) is 2.57. The van der Waals surface area contributed by atoms with Crippen LogP contribution in [0.2, 0.25) is 0 Å². The van der Waals surface area contributed by atoms with Crippen LogP contribution >= 0.6 is 0 Å². The first-order chi connectivity index (χ1) is 12.6. The zero-order valence-corrected chi connectivity index (χ0v) is 13.6. The second-order valence-corrected chi connectivity index (χ2v) is 4.86. The molecule has 0 radical (unpaired) electrons. The maximum absolute atomic E-state index is 12.3. The number of nitrogens with one attached hydrogen (secondary N) is 1. The first-order valence-corrected chi connectivity index (χ1v) is 7.11. The Kier molecular flexibility index (Phi) is 6.13. The van der Waals surface area contributed by atoms with E-state index in [0.29, 0.717) is 11.4 Å². The van der Waals surface area contributed by atoms with Gasteiger partial charge in [-0.2, -0.15) is 36.3 Å². The molecule has 2 aromatic rings. The standard InChI is InChI=1S/C14H12F6N4O3/c1-25-9-5-3-2-4-8(9)21-10-22-11(26-6-13(15,16)17)24-12(23-10)27-7-14(18,19)20/h2-5H,6-7H2,1H3,(H,21,22,23,24). The van der Waals surface area contributed by atoms with Crippen LogP contribution in [0.25, 0.3) is 0 Å². The zero-order chi connectivity index (χ0) is 20.1. The van der Waals surface area contributed by atoms with Gasteiger partial charge in [-0.25, -0.2) is 0 Å². The minimum atomic E-state index is -4.70. The van der Waals surface area contributed by atoms with Crippen molar-refractivity contribution in [3.8, 4) is 17.8 Å². The number of anilines is 2. The minimum Gasteiger partial charge on any atom is -0.495 e. The SMILES string of the molecule is COc1ccccc1Nc1nc(OCC(F)(F)F)nc(OCC(F)(F)F)n1. The molecule has 1 heterocycles. The van der Waals surface area contributed by atoms with Crippen LogP contribution in [0.5, 0.6) is 17.8 Å². The van der Waals surface area contributed by atoms with Crippen LogP contribution in [0.1, 0.15) is 0 Å². The summed E-state index contributed by atoms with van der Waals surface area (Å²) in [4.78, 5) is 10.4. The number of nitrogens with zero attached hydrogens (tertiary/aromatic N) is 3. The van der Waals surface area contributed by atoms with E-state index in [0.717, 1.165) is 0 Å². The molecule has 0 amide bonds. The van der Waals surface area contributed by atoms with Crippen molar-refractivity contribution >= 4 is 11.6 Å². The Balaban J connectivity index is 2.27. The van der Waals surface area contributed by atoms with Gasteiger partial charge >= 0.3 is 24.4 Å². The molecule has 0 bridgehead atoms. The fourth-order valence-corrected chi connectivity index (χ4v) is 1.68. The second kappa shape index (κ2) is 8.14. The molecule has 1 aromatic heterocycles. The number of methoxy groups -OCH3 is 1. The van der Waals surface area contributed by atoms with Gasteiger partial charge in [0.1, 0.15) is 5.75 Å². The van der Waals surface area contributed by atoms with Crippen LogP contribution in [-0.4, -0.2) is 47.6 Å². The number of hydrogen-bond donors (Lipinski definition) is 1.